The molecular formula is C13H18N4O. The Labute approximate surface area is 107 Å². The molecule has 0 amide bonds. The van der Waals surface area contributed by atoms with E-state index in [9.17, 15) is 0 Å². The summed E-state index contributed by atoms with van der Waals surface area (Å²) in [6.45, 7) is 4.28. The summed E-state index contributed by atoms with van der Waals surface area (Å²) in [5.74, 6) is 0.864. The molecule has 0 radical (unpaired) electrons. The first kappa shape index (κ1) is 12.6. The first-order chi connectivity index (χ1) is 8.81. The van der Waals surface area contributed by atoms with Gasteiger partial charge in [-0.2, -0.15) is 0 Å². The molecule has 0 saturated heterocycles. The molecule has 2 rings (SSSR count). The molecule has 0 spiro atoms. The van der Waals surface area contributed by atoms with Gasteiger partial charge in [0.25, 0.3) is 0 Å². The van der Waals surface area contributed by atoms with Gasteiger partial charge in [-0.1, -0.05) is 0 Å². The summed E-state index contributed by atoms with van der Waals surface area (Å²) < 4.78 is 7.09. The minimum atomic E-state index is 0.668. The van der Waals surface area contributed by atoms with Gasteiger partial charge < -0.3 is 14.6 Å². The molecule has 2 aromatic rings. The minimum Gasteiger partial charge on any atom is -0.383 e. The molecule has 5 nitrogen and oxygen atoms in total. The number of aryl methyl sites for hydroxylation is 1. The number of methoxy groups -OCH3 is 1. The van der Waals surface area contributed by atoms with Gasteiger partial charge in [-0.05, 0) is 24.1 Å². The third kappa shape index (κ3) is 3.07. The molecule has 0 unspecified atom stereocenters. The summed E-state index contributed by atoms with van der Waals surface area (Å²) in [6.07, 6.45) is 7.46. The Bertz CT molecular complexity index is 495. The first-order valence-corrected chi connectivity index (χ1v) is 5.94. The van der Waals surface area contributed by atoms with Crippen LogP contribution < -0.4 is 5.32 Å². The summed E-state index contributed by atoms with van der Waals surface area (Å²) in [4.78, 5) is 8.39. The fourth-order valence-electron chi connectivity index (χ4n) is 1.73. The van der Waals surface area contributed by atoms with Crippen molar-refractivity contribution in [1.29, 1.82) is 0 Å². The van der Waals surface area contributed by atoms with Crippen molar-refractivity contribution in [2.45, 2.75) is 13.5 Å². The molecule has 0 aliphatic carbocycles. The summed E-state index contributed by atoms with van der Waals surface area (Å²) in [5, 5.41) is 3.25. The number of ether oxygens (including phenoxy) is 1. The Morgan fingerprint density at radius 1 is 1.39 bits per heavy atom. The zero-order chi connectivity index (χ0) is 12.8. The second-order valence-corrected chi connectivity index (χ2v) is 4.10. The number of imidazole rings is 1. The number of aromatic nitrogens is 3. The van der Waals surface area contributed by atoms with Crippen LogP contribution in [0.3, 0.4) is 0 Å². The second kappa shape index (κ2) is 6.16. The van der Waals surface area contributed by atoms with Gasteiger partial charge in [-0.3, -0.25) is 4.98 Å². The molecule has 0 aromatic carbocycles. The van der Waals surface area contributed by atoms with Gasteiger partial charge >= 0.3 is 0 Å². The maximum Gasteiger partial charge on any atom is 0.203 e. The van der Waals surface area contributed by atoms with Gasteiger partial charge in [0, 0.05) is 38.4 Å². The number of hydrogen-bond acceptors (Lipinski definition) is 4. The molecule has 0 aliphatic rings. The SMILES string of the molecule is COCCNc1nccn1Cc1ccncc1C. The van der Waals surface area contributed by atoms with Crippen LogP contribution in [0.25, 0.3) is 0 Å². The Balaban J connectivity index is 2.05. The van der Waals surface area contributed by atoms with E-state index in [1.807, 2.05) is 24.7 Å². The Hall–Kier alpha value is -1.88. The van der Waals surface area contributed by atoms with Gasteiger partial charge in [0.1, 0.15) is 0 Å². The molecule has 96 valence electrons. The lowest BCUT2D eigenvalue weighted by molar-refractivity contribution is 0.210. The number of anilines is 1. The van der Waals surface area contributed by atoms with E-state index in [1.54, 1.807) is 13.3 Å². The third-order valence-corrected chi connectivity index (χ3v) is 2.78. The van der Waals surface area contributed by atoms with E-state index in [1.165, 1.54) is 11.1 Å². The van der Waals surface area contributed by atoms with Crippen LogP contribution in [0.15, 0.2) is 30.9 Å². The molecule has 0 fully saturated rings. The highest BCUT2D eigenvalue weighted by molar-refractivity contribution is 5.29. The van der Waals surface area contributed by atoms with Gasteiger partial charge in [-0.15, -0.1) is 0 Å². The highest BCUT2D eigenvalue weighted by Crippen LogP contribution is 2.11. The molecular weight excluding hydrogens is 228 g/mol. The molecule has 2 heterocycles. The Morgan fingerprint density at radius 2 is 2.28 bits per heavy atom. The molecule has 2 aromatic heterocycles. The summed E-state index contributed by atoms with van der Waals surface area (Å²) in [5.41, 5.74) is 2.44. The number of nitrogens with one attached hydrogen (secondary N) is 1. The van der Waals surface area contributed by atoms with Crippen molar-refractivity contribution >= 4 is 5.95 Å². The fourth-order valence-corrected chi connectivity index (χ4v) is 1.73. The van der Waals surface area contributed by atoms with Crippen molar-refractivity contribution in [3.63, 3.8) is 0 Å². The first-order valence-electron chi connectivity index (χ1n) is 5.94. The average molecular weight is 246 g/mol. The lowest BCUT2D eigenvalue weighted by Crippen LogP contribution is -2.13. The molecule has 0 saturated carbocycles. The van der Waals surface area contributed by atoms with Crippen LogP contribution in [0.5, 0.6) is 0 Å². The standard InChI is InChI=1S/C13H18N4O/c1-11-9-14-4-3-12(11)10-17-7-5-15-13(17)16-6-8-18-2/h3-5,7,9H,6,8,10H2,1-2H3,(H,15,16). The summed E-state index contributed by atoms with van der Waals surface area (Å²) in [6, 6.07) is 2.04. The fraction of sp³-hybridized carbons (Fsp3) is 0.385. The number of nitrogens with zero attached hydrogens (tertiary/aromatic N) is 3. The van der Waals surface area contributed by atoms with Crippen LogP contribution >= 0.6 is 0 Å². The maximum absolute atomic E-state index is 5.01. The number of hydrogen-bond donors (Lipinski definition) is 1. The summed E-state index contributed by atoms with van der Waals surface area (Å²) in [7, 11) is 1.69. The molecule has 0 aliphatic heterocycles. The van der Waals surface area contributed by atoms with Gasteiger partial charge in [0.2, 0.25) is 5.95 Å². The molecule has 18 heavy (non-hydrogen) atoms. The smallest absolute Gasteiger partial charge is 0.203 e. The second-order valence-electron chi connectivity index (χ2n) is 4.10. The molecule has 0 bridgehead atoms. The van der Waals surface area contributed by atoms with E-state index in [0.717, 1.165) is 19.0 Å². The van der Waals surface area contributed by atoms with Crippen LogP contribution in [0.4, 0.5) is 5.95 Å². The third-order valence-electron chi connectivity index (χ3n) is 2.78. The van der Waals surface area contributed by atoms with Crippen LogP contribution in [-0.4, -0.2) is 34.8 Å². The highest BCUT2D eigenvalue weighted by Gasteiger charge is 2.04. The van der Waals surface area contributed by atoms with E-state index in [4.69, 9.17) is 4.74 Å². The van der Waals surface area contributed by atoms with Crippen molar-refractivity contribution in [1.82, 2.24) is 14.5 Å². The van der Waals surface area contributed by atoms with Gasteiger partial charge in [0.15, 0.2) is 0 Å². The largest absolute Gasteiger partial charge is 0.383 e. The quantitative estimate of drug-likeness (QED) is 0.788. The predicted molar refractivity (Wildman–Crippen MR) is 70.7 cm³/mol. The molecule has 5 heteroatoms. The van der Waals surface area contributed by atoms with Crippen LogP contribution in [0.2, 0.25) is 0 Å². The monoisotopic (exact) mass is 246 g/mol. The van der Waals surface area contributed by atoms with E-state index in [-0.39, 0.29) is 0 Å². The highest BCUT2D eigenvalue weighted by atomic mass is 16.5. The normalized spacial score (nSPS) is 10.6. The lowest BCUT2D eigenvalue weighted by Gasteiger charge is -2.11. The lowest BCUT2D eigenvalue weighted by atomic mass is 10.1. The topological polar surface area (TPSA) is 52.0 Å². The van der Waals surface area contributed by atoms with E-state index in [2.05, 4.69) is 26.8 Å². The average Bonchev–Trinajstić information content (AvgIpc) is 2.80. The van der Waals surface area contributed by atoms with Crippen molar-refractivity contribution < 1.29 is 4.74 Å². The van der Waals surface area contributed by atoms with E-state index in [0.29, 0.717) is 6.61 Å². The Morgan fingerprint density at radius 3 is 3.06 bits per heavy atom. The summed E-state index contributed by atoms with van der Waals surface area (Å²) >= 11 is 0. The zero-order valence-corrected chi connectivity index (χ0v) is 10.8. The van der Waals surface area contributed by atoms with E-state index >= 15 is 0 Å². The van der Waals surface area contributed by atoms with Crippen LogP contribution in [0.1, 0.15) is 11.1 Å². The van der Waals surface area contributed by atoms with E-state index < -0.39 is 0 Å². The minimum absolute atomic E-state index is 0.668. The number of pyridine rings is 1. The van der Waals surface area contributed by atoms with Crippen molar-refractivity contribution in [3.05, 3.63) is 42.0 Å². The zero-order valence-electron chi connectivity index (χ0n) is 10.8. The van der Waals surface area contributed by atoms with Crippen molar-refractivity contribution in [3.8, 4) is 0 Å². The van der Waals surface area contributed by atoms with Crippen molar-refractivity contribution in [2.24, 2.45) is 0 Å². The number of rotatable bonds is 6. The Kier molecular flexibility index (Phi) is 4.30. The van der Waals surface area contributed by atoms with Crippen LogP contribution in [0, 0.1) is 6.92 Å². The van der Waals surface area contributed by atoms with Crippen molar-refractivity contribution in [2.75, 3.05) is 25.6 Å². The predicted octanol–water partition coefficient (Wildman–Crippen LogP) is 1.69. The maximum atomic E-state index is 5.01. The van der Waals surface area contributed by atoms with Crippen LogP contribution in [-0.2, 0) is 11.3 Å². The molecule has 1 N–H and O–H groups in total. The molecule has 0 atom stereocenters. The van der Waals surface area contributed by atoms with Gasteiger partial charge in [0.05, 0.1) is 13.2 Å². The van der Waals surface area contributed by atoms with Gasteiger partial charge in [-0.25, -0.2) is 4.98 Å².